The van der Waals surface area contributed by atoms with Crippen molar-refractivity contribution < 1.29 is 0 Å². The van der Waals surface area contributed by atoms with E-state index in [9.17, 15) is 5.26 Å². The second-order valence-corrected chi connectivity index (χ2v) is 7.06. The Morgan fingerprint density at radius 2 is 2.10 bits per heavy atom. The van der Waals surface area contributed by atoms with Gasteiger partial charge in [-0.25, -0.2) is 0 Å². The summed E-state index contributed by atoms with van der Waals surface area (Å²) >= 11 is 0. The first-order valence-corrected chi connectivity index (χ1v) is 8.10. The fourth-order valence-electron chi connectivity index (χ4n) is 3.29. The van der Waals surface area contributed by atoms with Crippen molar-refractivity contribution >= 4 is 0 Å². The lowest BCUT2D eigenvalue weighted by atomic mass is 9.97. The molecule has 1 aliphatic heterocycles. The Labute approximate surface area is 124 Å². The van der Waals surface area contributed by atoms with Crippen molar-refractivity contribution in [3.05, 3.63) is 0 Å². The van der Waals surface area contributed by atoms with Gasteiger partial charge in [-0.1, -0.05) is 0 Å². The van der Waals surface area contributed by atoms with Gasteiger partial charge in [0, 0.05) is 18.6 Å². The molecule has 2 atom stereocenters. The third-order valence-electron chi connectivity index (χ3n) is 4.54. The van der Waals surface area contributed by atoms with E-state index in [1.165, 1.54) is 32.2 Å². The first-order valence-electron chi connectivity index (χ1n) is 8.10. The zero-order valence-electron chi connectivity index (χ0n) is 13.4. The lowest BCUT2D eigenvalue weighted by Gasteiger charge is -2.29. The Morgan fingerprint density at radius 1 is 1.35 bits per heavy atom. The first kappa shape index (κ1) is 15.8. The highest BCUT2D eigenvalue weighted by molar-refractivity contribution is 5.07. The number of hydrogen-bond donors (Lipinski definition) is 1. The minimum Gasteiger partial charge on any atom is -0.308 e. The highest BCUT2D eigenvalue weighted by atomic mass is 15.2. The molecule has 2 aliphatic rings. The van der Waals surface area contributed by atoms with Crippen molar-refractivity contribution in [3.8, 4) is 6.07 Å². The molecule has 0 spiro atoms. The zero-order valence-corrected chi connectivity index (χ0v) is 13.4. The number of nitrogens with one attached hydrogen (secondary N) is 1. The highest BCUT2D eigenvalue weighted by Crippen LogP contribution is 2.25. The van der Waals surface area contributed by atoms with Crippen LogP contribution in [0.15, 0.2) is 0 Å². The maximum absolute atomic E-state index is 9.39. The zero-order chi connectivity index (χ0) is 14.6. The minimum absolute atomic E-state index is 0.321. The lowest BCUT2D eigenvalue weighted by Crippen LogP contribution is -2.43. The maximum Gasteiger partial charge on any atom is 0.104 e. The fourth-order valence-corrected chi connectivity index (χ4v) is 3.29. The van der Waals surface area contributed by atoms with Gasteiger partial charge in [-0.15, -0.1) is 0 Å². The van der Waals surface area contributed by atoms with Crippen LogP contribution in [0.4, 0.5) is 0 Å². The second kappa shape index (κ2) is 6.89. The molecule has 1 saturated carbocycles. The van der Waals surface area contributed by atoms with Crippen molar-refractivity contribution in [2.24, 2.45) is 0 Å². The molecule has 2 fully saturated rings. The van der Waals surface area contributed by atoms with E-state index in [4.69, 9.17) is 0 Å². The standard InChI is InChI=1S/C16H30N4/c1-16(13-17,18-14-7-8-14)9-5-11-20-10-4-6-15(20)12-19(2)3/h14-15,18H,4-12H2,1-3H3. The number of nitrogens with zero attached hydrogens (tertiary/aromatic N) is 3. The number of likely N-dealkylation sites (tertiary alicyclic amines) is 1. The van der Waals surface area contributed by atoms with Crippen molar-refractivity contribution in [3.63, 3.8) is 0 Å². The molecule has 0 radical (unpaired) electrons. The summed E-state index contributed by atoms with van der Waals surface area (Å²) in [5, 5.41) is 12.9. The summed E-state index contributed by atoms with van der Waals surface area (Å²) in [6.45, 7) is 5.60. The molecule has 1 saturated heterocycles. The quantitative estimate of drug-likeness (QED) is 0.735. The van der Waals surface area contributed by atoms with E-state index in [2.05, 4.69) is 42.2 Å². The predicted octanol–water partition coefficient (Wildman–Crippen LogP) is 1.83. The van der Waals surface area contributed by atoms with Crippen LogP contribution in [0.25, 0.3) is 0 Å². The topological polar surface area (TPSA) is 42.3 Å². The van der Waals surface area contributed by atoms with Gasteiger partial charge in [0.1, 0.15) is 5.54 Å². The third-order valence-corrected chi connectivity index (χ3v) is 4.54. The molecule has 4 nitrogen and oxygen atoms in total. The van der Waals surface area contributed by atoms with Crippen molar-refractivity contribution in [2.75, 3.05) is 33.7 Å². The Bertz CT molecular complexity index is 345. The van der Waals surface area contributed by atoms with Gasteiger partial charge >= 0.3 is 0 Å². The summed E-state index contributed by atoms with van der Waals surface area (Å²) in [5.41, 5.74) is -0.321. The molecule has 4 heteroatoms. The summed E-state index contributed by atoms with van der Waals surface area (Å²) in [7, 11) is 4.31. The van der Waals surface area contributed by atoms with E-state index < -0.39 is 0 Å². The van der Waals surface area contributed by atoms with Crippen LogP contribution in [0.3, 0.4) is 0 Å². The molecule has 1 heterocycles. The first-order chi connectivity index (χ1) is 9.52. The second-order valence-electron chi connectivity index (χ2n) is 7.06. The van der Waals surface area contributed by atoms with Crippen molar-refractivity contribution in [1.29, 1.82) is 5.26 Å². The molecule has 1 N–H and O–H groups in total. The SMILES string of the molecule is CN(C)CC1CCCN1CCCC(C)(C#N)NC1CC1. The smallest absolute Gasteiger partial charge is 0.104 e. The number of nitriles is 1. The van der Waals surface area contributed by atoms with E-state index in [1.807, 2.05) is 0 Å². The Hall–Kier alpha value is -0.630. The predicted molar refractivity (Wildman–Crippen MR) is 82.6 cm³/mol. The lowest BCUT2D eigenvalue weighted by molar-refractivity contribution is 0.200. The van der Waals surface area contributed by atoms with Gasteiger partial charge in [-0.3, -0.25) is 10.2 Å². The van der Waals surface area contributed by atoms with Crippen LogP contribution in [-0.2, 0) is 0 Å². The molecular formula is C16H30N4. The molecule has 0 aromatic carbocycles. The van der Waals surface area contributed by atoms with E-state index in [0.29, 0.717) is 6.04 Å². The maximum atomic E-state index is 9.39. The summed E-state index contributed by atoms with van der Waals surface area (Å²) in [5.74, 6) is 0. The summed E-state index contributed by atoms with van der Waals surface area (Å²) in [6.07, 6.45) is 7.23. The van der Waals surface area contributed by atoms with Crippen molar-refractivity contribution in [2.45, 2.75) is 63.1 Å². The van der Waals surface area contributed by atoms with Crippen molar-refractivity contribution in [1.82, 2.24) is 15.1 Å². The Balaban J connectivity index is 1.72. The highest BCUT2D eigenvalue weighted by Gasteiger charge is 2.32. The fraction of sp³-hybridized carbons (Fsp3) is 0.938. The molecular weight excluding hydrogens is 248 g/mol. The van der Waals surface area contributed by atoms with Gasteiger partial charge in [0.2, 0.25) is 0 Å². The normalized spacial score (nSPS) is 26.6. The molecule has 0 bridgehead atoms. The number of hydrogen-bond acceptors (Lipinski definition) is 4. The van der Waals surface area contributed by atoms with Crippen LogP contribution in [0.5, 0.6) is 0 Å². The van der Waals surface area contributed by atoms with E-state index in [1.54, 1.807) is 0 Å². The Morgan fingerprint density at radius 3 is 2.70 bits per heavy atom. The molecule has 2 unspecified atom stereocenters. The number of likely N-dealkylation sites (N-methyl/N-ethyl adjacent to an activating group) is 1. The third kappa shape index (κ3) is 4.73. The van der Waals surface area contributed by atoms with Gasteiger partial charge in [-0.2, -0.15) is 5.26 Å². The van der Waals surface area contributed by atoms with Gasteiger partial charge in [0.25, 0.3) is 0 Å². The minimum atomic E-state index is -0.321. The summed E-state index contributed by atoms with van der Waals surface area (Å²) in [6, 6.07) is 3.80. The summed E-state index contributed by atoms with van der Waals surface area (Å²) in [4.78, 5) is 4.91. The van der Waals surface area contributed by atoms with Crippen LogP contribution in [0.2, 0.25) is 0 Å². The van der Waals surface area contributed by atoms with E-state index in [0.717, 1.165) is 32.0 Å². The summed E-state index contributed by atoms with van der Waals surface area (Å²) < 4.78 is 0. The van der Waals surface area contributed by atoms with Gasteiger partial charge in [-0.05, 0) is 72.6 Å². The average molecular weight is 278 g/mol. The van der Waals surface area contributed by atoms with Crippen LogP contribution < -0.4 is 5.32 Å². The van der Waals surface area contributed by atoms with Crippen LogP contribution in [-0.4, -0.2) is 61.2 Å². The van der Waals surface area contributed by atoms with Crippen LogP contribution in [0.1, 0.15) is 45.4 Å². The largest absolute Gasteiger partial charge is 0.308 e. The molecule has 0 aromatic rings. The van der Waals surface area contributed by atoms with Crippen LogP contribution in [0, 0.1) is 11.3 Å². The van der Waals surface area contributed by atoms with E-state index >= 15 is 0 Å². The van der Waals surface area contributed by atoms with E-state index in [-0.39, 0.29) is 5.54 Å². The Kier molecular flexibility index (Phi) is 5.42. The average Bonchev–Trinajstić information content (AvgIpc) is 3.09. The monoisotopic (exact) mass is 278 g/mol. The van der Waals surface area contributed by atoms with Gasteiger partial charge < -0.3 is 4.90 Å². The molecule has 1 aliphatic carbocycles. The molecule has 20 heavy (non-hydrogen) atoms. The molecule has 114 valence electrons. The van der Waals surface area contributed by atoms with Gasteiger partial charge in [0.05, 0.1) is 6.07 Å². The molecule has 0 amide bonds. The van der Waals surface area contributed by atoms with Crippen LogP contribution >= 0.6 is 0 Å². The molecule has 0 aromatic heterocycles. The molecule has 2 rings (SSSR count). The number of rotatable bonds is 8. The van der Waals surface area contributed by atoms with Gasteiger partial charge in [0.15, 0.2) is 0 Å².